The molecule has 24 heavy (non-hydrogen) atoms. The maximum Gasteiger partial charge on any atom is 0.228 e. The topological polar surface area (TPSA) is 62.1 Å². The van der Waals surface area contributed by atoms with Crippen LogP contribution in [0.4, 0.5) is 0 Å². The lowest BCUT2D eigenvalue weighted by atomic mass is 10.0. The molecule has 1 fully saturated rings. The van der Waals surface area contributed by atoms with Gasteiger partial charge in [-0.25, -0.2) is 4.98 Å². The van der Waals surface area contributed by atoms with Gasteiger partial charge in [0.1, 0.15) is 17.2 Å². The minimum atomic E-state index is 0.150. The monoisotopic (exact) mass is 321 g/mol. The summed E-state index contributed by atoms with van der Waals surface area (Å²) in [6.45, 7) is 1.35. The van der Waals surface area contributed by atoms with Gasteiger partial charge >= 0.3 is 0 Å². The first-order valence-electron chi connectivity index (χ1n) is 8.59. The number of imidazole rings is 1. The molecule has 3 heterocycles. The van der Waals surface area contributed by atoms with Crippen LogP contribution in [0.25, 0.3) is 11.0 Å². The number of amides is 1. The summed E-state index contributed by atoms with van der Waals surface area (Å²) in [4.78, 5) is 22.3. The van der Waals surface area contributed by atoms with E-state index in [0.717, 1.165) is 46.8 Å². The lowest BCUT2D eigenvalue weighted by molar-refractivity contribution is -0.131. The number of aromatic amines is 1. The van der Waals surface area contributed by atoms with E-state index in [1.807, 2.05) is 29.3 Å². The van der Waals surface area contributed by atoms with Gasteiger partial charge in [0.25, 0.3) is 0 Å². The molecule has 5 nitrogen and oxygen atoms in total. The van der Waals surface area contributed by atoms with Crippen LogP contribution in [-0.2, 0) is 24.2 Å². The standard InChI is InChI=1S/C19H19N3O2/c23-18(9-13-10-20-19(21-13)12-5-6-12)22-8-7-17-15(11-22)14-3-1-2-4-16(14)24-17/h1-4,10,12H,5-9,11H2,(H,20,21). The summed E-state index contributed by atoms with van der Waals surface area (Å²) in [5.41, 5.74) is 3.00. The highest BCUT2D eigenvalue weighted by Crippen LogP contribution is 2.38. The summed E-state index contributed by atoms with van der Waals surface area (Å²) >= 11 is 0. The number of para-hydroxylation sites is 1. The van der Waals surface area contributed by atoms with Gasteiger partial charge in [0.2, 0.25) is 5.91 Å². The molecule has 2 aliphatic rings. The van der Waals surface area contributed by atoms with Crippen molar-refractivity contribution in [1.29, 1.82) is 0 Å². The Kier molecular flexibility index (Phi) is 3.01. The van der Waals surface area contributed by atoms with Gasteiger partial charge in [-0.15, -0.1) is 0 Å². The summed E-state index contributed by atoms with van der Waals surface area (Å²) in [7, 11) is 0. The first kappa shape index (κ1) is 13.8. The number of carbonyl (C=O) groups is 1. The zero-order valence-corrected chi connectivity index (χ0v) is 13.4. The molecule has 1 saturated carbocycles. The van der Waals surface area contributed by atoms with E-state index in [4.69, 9.17) is 4.42 Å². The van der Waals surface area contributed by atoms with Gasteiger partial charge in [0.05, 0.1) is 6.42 Å². The average molecular weight is 321 g/mol. The molecule has 0 spiro atoms. The molecule has 1 aliphatic carbocycles. The summed E-state index contributed by atoms with van der Waals surface area (Å²) in [5, 5.41) is 1.13. The molecular weight excluding hydrogens is 302 g/mol. The Labute approximate surface area is 139 Å². The molecule has 2 aromatic heterocycles. The van der Waals surface area contributed by atoms with Crippen LogP contribution in [-0.4, -0.2) is 27.3 Å². The van der Waals surface area contributed by atoms with Crippen LogP contribution in [0.2, 0.25) is 0 Å². The molecule has 0 bridgehead atoms. The van der Waals surface area contributed by atoms with Crippen LogP contribution in [0.3, 0.4) is 0 Å². The zero-order valence-electron chi connectivity index (χ0n) is 13.4. The number of carbonyl (C=O) groups excluding carboxylic acids is 1. The van der Waals surface area contributed by atoms with E-state index in [0.29, 0.717) is 18.9 Å². The minimum absolute atomic E-state index is 0.150. The van der Waals surface area contributed by atoms with Crippen molar-refractivity contribution < 1.29 is 9.21 Å². The van der Waals surface area contributed by atoms with Gasteiger partial charge in [-0.2, -0.15) is 0 Å². The summed E-state index contributed by atoms with van der Waals surface area (Å²) in [6, 6.07) is 8.06. The fraction of sp³-hybridized carbons (Fsp3) is 0.368. The number of rotatable bonds is 3. The van der Waals surface area contributed by atoms with Gasteiger partial charge in [-0.05, 0) is 18.9 Å². The van der Waals surface area contributed by atoms with E-state index in [2.05, 4.69) is 16.0 Å². The van der Waals surface area contributed by atoms with Gasteiger partial charge in [0.15, 0.2) is 0 Å². The van der Waals surface area contributed by atoms with Gasteiger partial charge in [-0.1, -0.05) is 18.2 Å². The molecule has 1 N–H and O–H groups in total. The van der Waals surface area contributed by atoms with Crippen LogP contribution >= 0.6 is 0 Å². The smallest absolute Gasteiger partial charge is 0.228 e. The molecule has 5 heteroatoms. The second-order valence-electron chi connectivity index (χ2n) is 6.81. The number of fused-ring (bicyclic) bond motifs is 3. The molecule has 0 saturated heterocycles. The lowest BCUT2D eigenvalue weighted by Gasteiger charge is -2.26. The van der Waals surface area contributed by atoms with Crippen LogP contribution in [0.15, 0.2) is 34.9 Å². The number of benzene rings is 1. The Morgan fingerprint density at radius 1 is 1.33 bits per heavy atom. The fourth-order valence-corrected chi connectivity index (χ4v) is 3.55. The number of aromatic nitrogens is 2. The maximum absolute atomic E-state index is 12.7. The van der Waals surface area contributed by atoms with E-state index in [1.165, 1.54) is 12.8 Å². The average Bonchev–Trinajstić information content (AvgIpc) is 3.24. The first-order valence-corrected chi connectivity index (χ1v) is 8.59. The quantitative estimate of drug-likeness (QED) is 0.806. The van der Waals surface area contributed by atoms with Crippen molar-refractivity contribution in [1.82, 2.24) is 14.9 Å². The number of H-pyrrole nitrogens is 1. The maximum atomic E-state index is 12.7. The van der Waals surface area contributed by atoms with Crippen molar-refractivity contribution in [2.75, 3.05) is 6.54 Å². The first-order chi connectivity index (χ1) is 11.8. The number of hydrogen-bond donors (Lipinski definition) is 1. The lowest BCUT2D eigenvalue weighted by Crippen LogP contribution is -2.36. The molecule has 1 aromatic carbocycles. The molecule has 3 aromatic rings. The van der Waals surface area contributed by atoms with Crippen LogP contribution in [0.1, 0.15) is 41.6 Å². The highest BCUT2D eigenvalue weighted by Gasteiger charge is 2.28. The van der Waals surface area contributed by atoms with Crippen LogP contribution in [0.5, 0.6) is 0 Å². The van der Waals surface area contributed by atoms with Gasteiger partial charge in [-0.3, -0.25) is 4.79 Å². The highest BCUT2D eigenvalue weighted by atomic mass is 16.3. The van der Waals surface area contributed by atoms with Crippen LogP contribution < -0.4 is 0 Å². The SMILES string of the molecule is O=C(Cc1cnc(C2CC2)[nH]1)N1CCc2oc3ccccc3c2C1. The molecule has 0 radical (unpaired) electrons. The number of nitrogens with one attached hydrogen (secondary N) is 1. The van der Waals surface area contributed by atoms with E-state index in [9.17, 15) is 4.79 Å². The van der Waals surface area contributed by atoms with Crippen molar-refractivity contribution in [3.05, 3.63) is 53.3 Å². The van der Waals surface area contributed by atoms with E-state index in [1.54, 1.807) is 0 Å². The largest absolute Gasteiger partial charge is 0.461 e. The molecule has 1 amide bonds. The predicted octanol–water partition coefficient (Wildman–Crippen LogP) is 3.16. The Hall–Kier alpha value is -2.56. The molecule has 1 aliphatic heterocycles. The van der Waals surface area contributed by atoms with E-state index in [-0.39, 0.29) is 5.91 Å². The van der Waals surface area contributed by atoms with Gasteiger partial charge < -0.3 is 14.3 Å². The van der Waals surface area contributed by atoms with Crippen molar-refractivity contribution in [2.45, 2.75) is 38.1 Å². The van der Waals surface area contributed by atoms with Crippen molar-refractivity contribution in [3.8, 4) is 0 Å². The third-order valence-corrected chi connectivity index (χ3v) is 5.05. The predicted molar refractivity (Wildman–Crippen MR) is 89.6 cm³/mol. The molecule has 5 rings (SSSR count). The van der Waals surface area contributed by atoms with Crippen molar-refractivity contribution >= 4 is 16.9 Å². The Bertz CT molecular complexity index is 920. The molecule has 0 atom stereocenters. The normalized spacial score (nSPS) is 17.2. The number of hydrogen-bond acceptors (Lipinski definition) is 3. The molecule has 122 valence electrons. The van der Waals surface area contributed by atoms with Crippen molar-refractivity contribution in [3.63, 3.8) is 0 Å². The minimum Gasteiger partial charge on any atom is -0.461 e. The summed E-state index contributed by atoms with van der Waals surface area (Å²) in [6.07, 6.45) is 5.41. The van der Waals surface area contributed by atoms with Gasteiger partial charge in [0, 0.05) is 48.3 Å². The summed E-state index contributed by atoms with van der Waals surface area (Å²) in [5.74, 6) is 2.80. The number of furan rings is 1. The fourth-order valence-electron chi connectivity index (χ4n) is 3.55. The third-order valence-electron chi connectivity index (χ3n) is 5.05. The van der Waals surface area contributed by atoms with Crippen molar-refractivity contribution in [2.24, 2.45) is 0 Å². The highest BCUT2D eigenvalue weighted by molar-refractivity contribution is 5.84. The van der Waals surface area contributed by atoms with E-state index >= 15 is 0 Å². The number of nitrogens with zero attached hydrogens (tertiary/aromatic N) is 2. The third kappa shape index (κ3) is 2.31. The second kappa shape index (κ2) is 5.23. The Balaban J connectivity index is 1.34. The zero-order chi connectivity index (χ0) is 16.1. The summed E-state index contributed by atoms with van der Waals surface area (Å²) < 4.78 is 5.92. The molecular formula is C19H19N3O2. The Morgan fingerprint density at radius 3 is 3.08 bits per heavy atom. The Morgan fingerprint density at radius 2 is 2.21 bits per heavy atom. The van der Waals surface area contributed by atoms with Crippen LogP contribution in [0, 0.1) is 0 Å². The second-order valence-corrected chi connectivity index (χ2v) is 6.81. The molecule has 0 unspecified atom stereocenters. The van der Waals surface area contributed by atoms with E-state index < -0.39 is 0 Å².